The molecule has 7 nitrogen and oxygen atoms in total. The SMILES string of the molecule is CN=C(NCCc1cccc(F)c1F)N1CCN(CC(=O)N2CCOCC2)CC1.I. The average Bonchev–Trinajstić information content (AvgIpc) is 2.75. The maximum absolute atomic E-state index is 13.8. The van der Waals surface area contributed by atoms with Gasteiger partial charge in [0.05, 0.1) is 19.8 Å². The van der Waals surface area contributed by atoms with Crippen molar-refractivity contribution in [1.82, 2.24) is 20.0 Å². The number of morpholine rings is 1. The van der Waals surface area contributed by atoms with Gasteiger partial charge in [0, 0.05) is 52.9 Å². The number of hydrogen-bond donors (Lipinski definition) is 1. The number of nitrogens with zero attached hydrogens (tertiary/aromatic N) is 4. The van der Waals surface area contributed by atoms with Gasteiger partial charge in [-0.15, -0.1) is 24.0 Å². The van der Waals surface area contributed by atoms with E-state index >= 15 is 0 Å². The van der Waals surface area contributed by atoms with Gasteiger partial charge in [0.15, 0.2) is 17.6 Å². The van der Waals surface area contributed by atoms with Gasteiger partial charge in [-0.1, -0.05) is 12.1 Å². The van der Waals surface area contributed by atoms with Gasteiger partial charge in [0.2, 0.25) is 5.91 Å². The minimum Gasteiger partial charge on any atom is -0.378 e. The molecule has 1 aromatic carbocycles. The van der Waals surface area contributed by atoms with Crippen molar-refractivity contribution in [3.63, 3.8) is 0 Å². The Bertz CT molecular complexity index is 723. The number of benzene rings is 1. The minimum absolute atomic E-state index is 0. The summed E-state index contributed by atoms with van der Waals surface area (Å²) in [6, 6.07) is 4.22. The Morgan fingerprint density at radius 1 is 1.10 bits per heavy atom. The van der Waals surface area contributed by atoms with Crippen LogP contribution >= 0.6 is 24.0 Å². The van der Waals surface area contributed by atoms with Crippen LogP contribution in [0.4, 0.5) is 8.78 Å². The Labute approximate surface area is 193 Å². The number of rotatable bonds is 5. The smallest absolute Gasteiger partial charge is 0.236 e. The van der Waals surface area contributed by atoms with Crippen LogP contribution in [0.3, 0.4) is 0 Å². The van der Waals surface area contributed by atoms with Crippen LogP contribution in [0.25, 0.3) is 0 Å². The molecule has 0 aliphatic carbocycles. The lowest BCUT2D eigenvalue weighted by Crippen LogP contribution is -2.55. The predicted molar refractivity (Wildman–Crippen MR) is 122 cm³/mol. The molecule has 2 aliphatic heterocycles. The number of piperazine rings is 1. The van der Waals surface area contributed by atoms with Gasteiger partial charge in [-0.25, -0.2) is 8.78 Å². The summed E-state index contributed by atoms with van der Waals surface area (Å²) in [6.07, 6.45) is 0.372. The van der Waals surface area contributed by atoms with Crippen LogP contribution in [0.15, 0.2) is 23.2 Å². The van der Waals surface area contributed by atoms with Gasteiger partial charge in [-0.05, 0) is 18.1 Å². The van der Waals surface area contributed by atoms with Gasteiger partial charge in [-0.3, -0.25) is 14.7 Å². The third kappa shape index (κ3) is 6.74. The molecule has 0 unspecified atom stereocenters. The van der Waals surface area contributed by atoms with Crippen LogP contribution in [-0.4, -0.2) is 99.2 Å². The number of hydrogen-bond acceptors (Lipinski definition) is 4. The van der Waals surface area contributed by atoms with E-state index in [0.29, 0.717) is 51.4 Å². The molecule has 2 fully saturated rings. The van der Waals surface area contributed by atoms with Crippen molar-refractivity contribution in [2.24, 2.45) is 4.99 Å². The topological polar surface area (TPSA) is 60.4 Å². The Morgan fingerprint density at radius 3 is 2.47 bits per heavy atom. The Balaban J connectivity index is 0.00000320. The number of carbonyl (C=O) groups excluding carboxylic acids is 1. The molecule has 3 rings (SSSR count). The Kier molecular flexibility index (Phi) is 10.2. The van der Waals surface area contributed by atoms with Crippen molar-refractivity contribution >= 4 is 35.8 Å². The van der Waals surface area contributed by atoms with E-state index in [1.165, 1.54) is 6.07 Å². The normalized spacial score (nSPS) is 18.2. The lowest BCUT2D eigenvalue weighted by atomic mass is 10.1. The molecule has 10 heteroatoms. The van der Waals surface area contributed by atoms with Gasteiger partial charge in [0.1, 0.15) is 0 Å². The standard InChI is InChI=1S/C20H29F2N5O2.HI/c1-23-20(24-6-5-16-3-2-4-17(21)19(16)22)27-9-7-25(8-10-27)15-18(28)26-11-13-29-14-12-26;/h2-4H,5-15H2,1H3,(H,23,24);1H. The first kappa shape index (κ1) is 24.7. The lowest BCUT2D eigenvalue weighted by molar-refractivity contribution is -0.136. The molecule has 0 bridgehead atoms. The van der Waals surface area contributed by atoms with Gasteiger partial charge in [-0.2, -0.15) is 0 Å². The van der Waals surface area contributed by atoms with Crippen LogP contribution in [0.5, 0.6) is 0 Å². The maximum Gasteiger partial charge on any atom is 0.236 e. The van der Waals surface area contributed by atoms with Gasteiger partial charge >= 0.3 is 0 Å². The first-order valence-electron chi connectivity index (χ1n) is 10.0. The van der Waals surface area contributed by atoms with Crippen molar-refractivity contribution in [2.75, 3.05) is 72.6 Å². The molecule has 0 atom stereocenters. The summed E-state index contributed by atoms with van der Waals surface area (Å²) in [4.78, 5) is 22.8. The lowest BCUT2D eigenvalue weighted by Gasteiger charge is -2.37. The molecule has 0 saturated carbocycles. The molecule has 1 aromatic rings. The van der Waals surface area contributed by atoms with Gasteiger partial charge < -0.3 is 19.9 Å². The third-order valence-corrected chi connectivity index (χ3v) is 5.32. The fourth-order valence-electron chi connectivity index (χ4n) is 3.60. The second-order valence-corrected chi connectivity index (χ2v) is 7.19. The molecular formula is C20H30F2IN5O2. The second kappa shape index (κ2) is 12.4. The third-order valence-electron chi connectivity index (χ3n) is 5.32. The molecule has 2 heterocycles. The summed E-state index contributed by atoms with van der Waals surface area (Å²) >= 11 is 0. The predicted octanol–water partition coefficient (Wildman–Crippen LogP) is 1.18. The van der Waals surface area contributed by atoms with Crippen molar-refractivity contribution < 1.29 is 18.3 Å². The zero-order valence-electron chi connectivity index (χ0n) is 17.3. The Hall–Kier alpha value is -1.53. The molecule has 2 aliphatic rings. The number of ether oxygens (including phenoxy) is 1. The molecule has 168 valence electrons. The highest BCUT2D eigenvalue weighted by atomic mass is 127. The van der Waals surface area contributed by atoms with Crippen LogP contribution in [-0.2, 0) is 16.0 Å². The summed E-state index contributed by atoms with van der Waals surface area (Å²) in [5, 5.41) is 3.22. The Morgan fingerprint density at radius 2 is 1.80 bits per heavy atom. The maximum atomic E-state index is 13.8. The van der Waals surface area contributed by atoms with E-state index in [1.54, 1.807) is 13.1 Å². The van der Waals surface area contributed by atoms with Crippen LogP contribution in [0.2, 0.25) is 0 Å². The number of guanidine groups is 1. The van der Waals surface area contributed by atoms with E-state index in [-0.39, 0.29) is 29.9 Å². The largest absolute Gasteiger partial charge is 0.378 e. The van der Waals surface area contributed by atoms with Crippen molar-refractivity contribution in [3.8, 4) is 0 Å². The number of nitrogens with one attached hydrogen (secondary N) is 1. The molecule has 2 saturated heterocycles. The molecule has 30 heavy (non-hydrogen) atoms. The summed E-state index contributed by atoms with van der Waals surface area (Å²) in [5.74, 6) is -0.722. The van der Waals surface area contributed by atoms with Crippen LogP contribution in [0, 0.1) is 11.6 Å². The molecule has 0 spiro atoms. The van der Waals surface area contributed by atoms with E-state index in [4.69, 9.17) is 4.74 Å². The summed E-state index contributed by atoms with van der Waals surface area (Å²) in [5.41, 5.74) is 0.347. The highest BCUT2D eigenvalue weighted by molar-refractivity contribution is 14.0. The van der Waals surface area contributed by atoms with Gasteiger partial charge in [0.25, 0.3) is 0 Å². The first-order chi connectivity index (χ1) is 14.1. The fraction of sp³-hybridized carbons (Fsp3) is 0.600. The molecule has 0 aromatic heterocycles. The average molecular weight is 537 g/mol. The first-order valence-corrected chi connectivity index (χ1v) is 10.0. The number of amides is 1. The zero-order valence-corrected chi connectivity index (χ0v) is 19.6. The van der Waals surface area contributed by atoms with E-state index < -0.39 is 11.6 Å². The fourth-order valence-corrected chi connectivity index (χ4v) is 3.60. The minimum atomic E-state index is -0.824. The van der Waals surface area contributed by atoms with Crippen molar-refractivity contribution in [1.29, 1.82) is 0 Å². The van der Waals surface area contributed by atoms with Crippen LogP contribution in [0.1, 0.15) is 5.56 Å². The van der Waals surface area contributed by atoms with E-state index in [9.17, 15) is 13.6 Å². The highest BCUT2D eigenvalue weighted by Crippen LogP contribution is 2.11. The van der Waals surface area contributed by atoms with Crippen LogP contribution < -0.4 is 5.32 Å². The quantitative estimate of drug-likeness (QED) is 0.348. The van der Waals surface area contributed by atoms with E-state index in [2.05, 4.69) is 20.1 Å². The van der Waals surface area contributed by atoms with Crippen molar-refractivity contribution in [3.05, 3.63) is 35.4 Å². The monoisotopic (exact) mass is 537 g/mol. The summed E-state index contributed by atoms with van der Waals surface area (Å²) < 4.78 is 32.4. The molecular weight excluding hydrogens is 507 g/mol. The number of carbonyl (C=O) groups is 1. The number of halogens is 3. The van der Waals surface area contributed by atoms with Crippen molar-refractivity contribution in [2.45, 2.75) is 6.42 Å². The zero-order chi connectivity index (χ0) is 20.6. The number of aliphatic imine (C=N–C) groups is 1. The summed E-state index contributed by atoms with van der Waals surface area (Å²) in [6.45, 7) is 6.51. The molecule has 1 amide bonds. The van der Waals surface area contributed by atoms with E-state index in [0.717, 1.165) is 38.2 Å². The second-order valence-electron chi connectivity index (χ2n) is 7.19. The summed E-state index contributed by atoms with van der Waals surface area (Å²) in [7, 11) is 1.71. The highest BCUT2D eigenvalue weighted by Gasteiger charge is 2.24. The van der Waals surface area contributed by atoms with E-state index in [1.807, 2.05) is 4.90 Å². The molecule has 1 N–H and O–H groups in total. The molecule has 0 radical (unpaired) electrons.